The number of halogens is 2. The fourth-order valence-electron chi connectivity index (χ4n) is 2.99. The highest BCUT2D eigenvalue weighted by atomic mass is 19.1. The zero-order valence-corrected chi connectivity index (χ0v) is 13.5. The van der Waals surface area contributed by atoms with Crippen molar-refractivity contribution >= 4 is 11.2 Å². The summed E-state index contributed by atoms with van der Waals surface area (Å²) in [6.45, 7) is 3.18. The van der Waals surface area contributed by atoms with Gasteiger partial charge in [0.25, 0.3) is 0 Å². The van der Waals surface area contributed by atoms with Gasteiger partial charge in [0.05, 0.1) is 6.54 Å². The Kier molecular flexibility index (Phi) is 3.76. The van der Waals surface area contributed by atoms with E-state index in [9.17, 15) is 8.78 Å². The molecule has 0 amide bonds. The normalized spacial score (nSPS) is 11.3. The van der Waals surface area contributed by atoms with Crippen molar-refractivity contribution in [1.82, 2.24) is 24.1 Å². The largest absolute Gasteiger partial charge is 0.323 e. The Morgan fingerprint density at radius 2 is 1.84 bits per heavy atom. The second-order valence-corrected chi connectivity index (χ2v) is 5.66. The van der Waals surface area contributed by atoms with Gasteiger partial charge in [0.15, 0.2) is 5.65 Å². The van der Waals surface area contributed by atoms with Gasteiger partial charge in [0.1, 0.15) is 28.8 Å². The minimum Gasteiger partial charge on any atom is -0.323 e. The Hall–Kier alpha value is -3.09. The molecule has 4 rings (SSSR count). The van der Waals surface area contributed by atoms with Crippen molar-refractivity contribution in [2.24, 2.45) is 0 Å². The summed E-state index contributed by atoms with van der Waals surface area (Å²) in [5.74, 6) is 0.0393. The monoisotopic (exact) mass is 339 g/mol. The van der Waals surface area contributed by atoms with Crippen molar-refractivity contribution in [3.63, 3.8) is 0 Å². The topological polar surface area (TPSA) is 48.5 Å². The standard InChI is InChI=1S/C18H15F2N5/c1-2-25-16(23-15-4-3-5-21-18(15)25)11-24-7-6-22-17(24)12-8-13(19)10-14(20)9-12/h3-10H,2,11H2,1H3. The fourth-order valence-corrected chi connectivity index (χ4v) is 2.99. The van der Waals surface area contributed by atoms with Crippen LogP contribution in [-0.4, -0.2) is 24.1 Å². The van der Waals surface area contributed by atoms with E-state index in [1.54, 1.807) is 18.6 Å². The zero-order chi connectivity index (χ0) is 17.4. The number of benzene rings is 1. The number of pyridine rings is 1. The Bertz CT molecular complexity index is 1030. The summed E-state index contributed by atoms with van der Waals surface area (Å²) < 4.78 is 30.9. The Morgan fingerprint density at radius 1 is 1.04 bits per heavy atom. The molecule has 0 saturated carbocycles. The van der Waals surface area contributed by atoms with Crippen molar-refractivity contribution in [3.05, 3.63) is 66.4 Å². The highest BCUT2D eigenvalue weighted by Crippen LogP contribution is 2.22. The van der Waals surface area contributed by atoms with Gasteiger partial charge >= 0.3 is 0 Å². The molecule has 0 bridgehead atoms. The summed E-state index contributed by atoms with van der Waals surface area (Å²) >= 11 is 0. The molecule has 126 valence electrons. The van der Waals surface area contributed by atoms with Crippen LogP contribution in [0.4, 0.5) is 8.78 Å². The van der Waals surface area contributed by atoms with Crippen LogP contribution in [0.1, 0.15) is 12.7 Å². The van der Waals surface area contributed by atoms with Gasteiger partial charge in [-0.1, -0.05) is 0 Å². The lowest BCUT2D eigenvalue weighted by molar-refractivity contribution is 0.583. The van der Waals surface area contributed by atoms with Crippen LogP contribution in [-0.2, 0) is 13.1 Å². The number of hydrogen-bond acceptors (Lipinski definition) is 3. The van der Waals surface area contributed by atoms with E-state index in [2.05, 4.69) is 15.0 Å². The molecule has 0 aliphatic heterocycles. The molecule has 0 atom stereocenters. The number of imidazole rings is 2. The first-order valence-electron chi connectivity index (χ1n) is 7.93. The molecule has 1 aromatic carbocycles. The molecule has 0 radical (unpaired) electrons. The van der Waals surface area contributed by atoms with Crippen molar-refractivity contribution < 1.29 is 8.78 Å². The van der Waals surface area contributed by atoms with Crippen LogP contribution in [0.15, 0.2) is 48.9 Å². The zero-order valence-electron chi connectivity index (χ0n) is 13.5. The van der Waals surface area contributed by atoms with E-state index < -0.39 is 11.6 Å². The third-order valence-electron chi connectivity index (χ3n) is 4.05. The average molecular weight is 339 g/mol. The minimum absolute atomic E-state index is 0.389. The lowest BCUT2D eigenvalue weighted by Crippen LogP contribution is -2.09. The van der Waals surface area contributed by atoms with Gasteiger partial charge in [-0.3, -0.25) is 0 Å². The fraction of sp³-hybridized carbons (Fsp3) is 0.167. The van der Waals surface area contributed by atoms with Crippen LogP contribution < -0.4 is 0 Å². The maximum absolute atomic E-state index is 13.5. The Labute approximate surface area is 142 Å². The van der Waals surface area contributed by atoms with E-state index in [1.165, 1.54) is 12.1 Å². The first-order valence-corrected chi connectivity index (χ1v) is 7.93. The molecule has 0 unspecified atom stereocenters. The molecule has 4 aromatic rings. The summed E-state index contributed by atoms with van der Waals surface area (Å²) in [5.41, 5.74) is 2.02. The van der Waals surface area contributed by atoms with Crippen molar-refractivity contribution in [1.29, 1.82) is 0 Å². The maximum Gasteiger partial charge on any atom is 0.160 e. The third-order valence-corrected chi connectivity index (χ3v) is 4.05. The lowest BCUT2D eigenvalue weighted by Gasteiger charge is -2.10. The van der Waals surface area contributed by atoms with Crippen LogP contribution in [0.3, 0.4) is 0 Å². The Morgan fingerprint density at radius 3 is 2.60 bits per heavy atom. The molecule has 7 heteroatoms. The first-order chi connectivity index (χ1) is 12.2. The van der Waals surface area contributed by atoms with E-state index in [1.807, 2.05) is 28.2 Å². The molecule has 0 fully saturated rings. The van der Waals surface area contributed by atoms with Crippen LogP contribution in [0.2, 0.25) is 0 Å². The van der Waals surface area contributed by atoms with Gasteiger partial charge in [0, 0.05) is 36.8 Å². The number of rotatable bonds is 4. The molecule has 3 heterocycles. The van der Waals surface area contributed by atoms with Crippen LogP contribution in [0, 0.1) is 11.6 Å². The lowest BCUT2D eigenvalue weighted by atomic mass is 10.2. The van der Waals surface area contributed by atoms with E-state index >= 15 is 0 Å². The predicted octanol–water partition coefficient (Wildman–Crippen LogP) is 3.64. The quantitative estimate of drug-likeness (QED) is 0.570. The second-order valence-electron chi connectivity index (χ2n) is 5.66. The molecule has 0 spiro atoms. The highest BCUT2D eigenvalue weighted by molar-refractivity contribution is 5.71. The van der Waals surface area contributed by atoms with Crippen molar-refractivity contribution in [3.8, 4) is 11.4 Å². The molecule has 0 N–H and O–H groups in total. The summed E-state index contributed by atoms with van der Waals surface area (Å²) in [7, 11) is 0. The second kappa shape index (κ2) is 6.08. The van der Waals surface area contributed by atoms with E-state index in [0.29, 0.717) is 17.9 Å². The predicted molar refractivity (Wildman–Crippen MR) is 89.9 cm³/mol. The molecular weight excluding hydrogens is 324 g/mol. The van der Waals surface area contributed by atoms with Crippen LogP contribution in [0.5, 0.6) is 0 Å². The molecule has 0 aliphatic carbocycles. The van der Waals surface area contributed by atoms with Gasteiger partial charge in [-0.25, -0.2) is 23.7 Å². The molecule has 0 saturated heterocycles. The number of fused-ring (bicyclic) bond motifs is 1. The van der Waals surface area contributed by atoms with Gasteiger partial charge in [-0.15, -0.1) is 0 Å². The van der Waals surface area contributed by atoms with E-state index in [-0.39, 0.29) is 0 Å². The Balaban J connectivity index is 1.77. The summed E-state index contributed by atoms with van der Waals surface area (Å²) in [4.78, 5) is 13.3. The van der Waals surface area contributed by atoms with Gasteiger partial charge in [-0.05, 0) is 31.2 Å². The number of hydrogen-bond donors (Lipinski definition) is 0. The summed E-state index contributed by atoms with van der Waals surface area (Å²) in [6.07, 6.45) is 5.11. The van der Waals surface area contributed by atoms with Gasteiger partial charge in [0.2, 0.25) is 0 Å². The molecule has 0 aliphatic rings. The molecular formula is C18H15F2N5. The maximum atomic E-state index is 13.5. The molecule has 3 aromatic heterocycles. The van der Waals surface area contributed by atoms with Gasteiger partial charge in [-0.2, -0.15) is 0 Å². The smallest absolute Gasteiger partial charge is 0.160 e. The van der Waals surface area contributed by atoms with Crippen LogP contribution in [0.25, 0.3) is 22.6 Å². The first kappa shape index (κ1) is 15.4. The number of aryl methyl sites for hydroxylation is 1. The minimum atomic E-state index is -0.630. The molecule has 5 nitrogen and oxygen atoms in total. The summed E-state index contributed by atoms with van der Waals surface area (Å²) in [5, 5.41) is 0. The number of nitrogens with zero attached hydrogens (tertiary/aromatic N) is 5. The van der Waals surface area contributed by atoms with E-state index in [4.69, 9.17) is 0 Å². The van der Waals surface area contributed by atoms with Crippen molar-refractivity contribution in [2.75, 3.05) is 0 Å². The number of aromatic nitrogens is 5. The summed E-state index contributed by atoms with van der Waals surface area (Å²) in [6, 6.07) is 7.14. The SMILES string of the molecule is CCn1c(Cn2ccnc2-c2cc(F)cc(F)c2)nc2cccnc21. The van der Waals surface area contributed by atoms with E-state index in [0.717, 1.165) is 29.6 Å². The van der Waals surface area contributed by atoms with Gasteiger partial charge < -0.3 is 9.13 Å². The third kappa shape index (κ3) is 2.77. The average Bonchev–Trinajstić information content (AvgIpc) is 3.18. The van der Waals surface area contributed by atoms with Crippen molar-refractivity contribution in [2.45, 2.75) is 20.0 Å². The highest BCUT2D eigenvalue weighted by Gasteiger charge is 2.14. The van der Waals surface area contributed by atoms with Crippen LogP contribution >= 0.6 is 0 Å². The molecule has 25 heavy (non-hydrogen) atoms.